The Bertz CT molecular complexity index is 425. The fraction of sp³-hybridized carbons (Fsp3) is 0.647. The number of rotatable bonds is 4. The third kappa shape index (κ3) is 3.32. The van der Waals surface area contributed by atoms with Crippen LogP contribution in [0.4, 0.5) is 10.1 Å². The highest BCUT2D eigenvalue weighted by atomic mass is 19.1. The van der Waals surface area contributed by atoms with Crippen molar-refractivity contribution in [2.75, 3.05) is 19.0 Å². The monoisotopic (exact) mass is 278 g/mol. The van der Waals surface area contributed by atoms with Gasteiger partial charge in [-0.1, -0.05) is 31.7 Å². The van der Waals surface area contributed by atoms with Gasteiger partial charge < -0.3 is 10.2 Å². The number of benzene rings is 1. The molecule has 0 saturated heterocycles. The first-order chi connectivity index (χ1) is 9.65. The summed E-state index contributed by atoms with van der Waals surface area (Å²) in [6.07, 6.45) is 7.71. The second-order valence-electron chi connectivity index (χ2n) is 5.94. The lowest BCUT2D eigenvalue weighted by atomic mass is 10.0. The van der Waals surface area contributed by atoms with E-state index in [1.54, 1.807) is 6.07 Å². The zero-order chi connectivity index (χ0) is 14.5. The smallest absolute Gasteiger partial charge is 0.130 e. The number of anilines is 1. The zero-order valence-electron chi connectivity index (χ0n) is 13.0. The largest absolute Gasteiger partial charge is 0.371 e. The van der Waals surface area contributed by atoms with Crippen molar-refractivity contribution in [3.05, 3.63) is 29.6 Å². The van der Waals surface area contributed by atoms with Crippen molar-refractivity contribution in [2.24, 2.45) is 0 Å². The summed E-state index contributed by atoms with van der Waals surface area (Å²) in [5.74, 6) is -0.107. The molecule has 0 radical (unpaired) electrons. The van der Waals surface area contributed by atoms with Crippen LogP contribution in [-0.2, 0) is 0 Å². The van der Waals surface area contributed by atoms with Crippen LogP contribution in [0.15, 0.2) is 18.2 Å². The Hall–Kier alpha value is -1.09. The summed E-state index contributed by atoms with van der Waals surface area (Å²) in [7, 11) is 4.00. The maximum atomic E-state index is 14.2. The molecule has 1 aliphatic rings. The molecule has 0 bridgehead atoms. The highest BCUT2D eigenvalue weighted by molar-refractivity contribution is 5.55. The molecule has 0 aliphatic heterocycles. The van der Waals surface area contributed by atoms with Gasteiger partial charge in [-0.3, -0.25) is 0 Å². The molecule has 2 nitrogen and oxygen atoms in total. The van der Waals surface area contributed by atoms with Crippen molar-refractivity contribution in [3.63, 3.8) is 0 Å². The predicted molar refractivity (Wildman–Crippen MR) is 83.8 cm³/mol. The molecule has 1 unspecified atom stereocenters. The average molecular weight is 278 g/mol. The van der Waals surface area contributed by atoms with Crippen molar-refractivity contribution in [3.8, 4) is 0 Å². The van der Waals surface area contributed by atoms with Crippen LogP contribution in [0.3, 0.4) is 0 Å². The minimum absolute atomic E-state index is 0.0272. The van der Waals surface area contributed by atoms with Gasteiger partial charge in [0.2, 0.25) is 0 Å². The molecule has 3 heteroatoms. The van der Waals surface area contributed by atoms with Crippen molar-refractivity contribution >= 4 is 5.69 Å². The minimum atomic E-state index is -0.107. The summed E-state index contributed by atoms with van der Waals surface area (Å²) in [5.41, 5.74) is 1.83. The molecule has 1 saturated carbocycles. The van der Waals surface area contributed by atoms with E-state index in [9.17, 15) is 4.39 Å². The molecule has 20 heavy (non-hydrogen) atoms. The molecule has 0 amide bonds. The molecule has 1 fully saturated rings. The topological polar surface area (TPSA) is 15.3 Å². The molecule has 0 spiro atoms. The van der Waals surface area contributed by atoms with Gasteiger partial charge in [-0.2, -0.15) is 0 Å². The van der Waals surface area contributed by atoms with E-state index in [1.165, 1.54) is 38.5 Å². The lowest BCUT2D eigenvalue weighted by Crippen LogP contribution is -2.33. The molecule has 1 aromatic rings. The molecule has 2 rings (SSSR count). The summed E-state index contributed by atoms with van der Waals surface area (Å²) in [6, 6.07) is 6.01. The Morgan fingerprint density at radius 3 is 2.45 bits per heavy atom. The standard InChI is InChI=1S/C17H27FN2/c1-13(19-2)17-15(18)11-8-12-16(17)20(3)14-9-6-4-5-7-10-14/h8,11-14,19H,4-7,9-10H2,1-3H3. The first kappa shape index (κ1) is 15.3. The normalized spacial score (nSPS) is 18.6. The lowest BCUT2D eigenvalue weighted by molar-refractivity contribution is 0.533. The maximum absolute atomic E-state index is 14.2. The highest BCUT2D eigenvalue weighted by Gasteiger charge is 2.22. The molecule has 1 aromatic carbocycles. The average Bonchev–Trinajstić information content (AvgIpc) is 2.74. The molecule has 0 aromatic heterocycles. The summed E-state index contributed by atoms with van der Waals surface area (Å²) in [6.45, 7) is 2.02. The van der Waals surface area contributed by atoms with E-state index in [-0.39, 0.29) is 11.9 Å². The molecule has 112 valence electrons. The number of hydrogen-bond donors (Lipinski definition) is 1. The van der Waals surface area contributed by atoms with Gasteiger partial charge in [0, 0.05) is 30.4 Å². The van der Waals surface area contributed by atoms with Crippen LogP contribution in [0.5, 0.6) is 0 Å². The van der Waals surface area contributed by atoms with E-state index in [2.05, 4.69) is 23.3 Å². The van der Waals surface area contributed by atoms with Crippen LogP contribution in [0, 0.1) is 5.82 Å². The summed E-state index contributed by atoms with van der Waals surface area (Å²) < 4.78 is 14.2. The van der Waals surface area contributed by atoms with Gasteiger partial charge in [-0.25, -0.2) is 4.39 Å². The van der Waals surface area contributed by atoms with Gasteiger partial charge >= 0.3 is 0 Å². The van der Waals surface area contributed by atoms with Gasteiger partial charge in [0.1, 0.15) is 5.82 Å². The van der Waals surface area contributed by atoms with Crippen molar-refractivity contribution < 1.29 is 4.39 Å². The van der Waals surface area contributed by atoms with Gasteiger partial charge in [0.25, 0.3) is 0 Å². The highest BCUT2D eigenvalue weighted by Crippen LogP contribution is 2.32. The second kappa shape index (κ2) is 7.07. The fourth-order valence-electron chi connectivity index (χ4n) is 3.25. The van der Waals surface area contributed by atoms with E-state index in [0.29, 0.717) is 6.04 Å². The van der Waals surface area contributed by atoms with Crippen molar-refractivity contribution in [1.29, 1.82) is 0 Å². The van der Waals surface area contributed by atoms with Gasteiger partial charge in [0.05, 0.1) is 0 Å². The molecule has 1 N–H and O–H groups in total. The third-order valence-corrected chi connectivity index (χ3v) is 4.65. The Kier molecular flexibility index (Phi) is 5.41. The Balaban J connectivity index is 2.28. The van der Waals surface area contributed by atoms with E-state index in [0.717, 1.165) is 11.3 Å². The molecule has 1 atom stereocenters. The number of halogens is 1. The maximum Gasteiger partial charge on any atom is 0.130 e. The van der Waals surface area contributed by atoms with Crippen LogP contribution in [0.25, 0.3) is 0 Å². The Labute approximate surface area is 122 Å². The van der Waals surface area contributed by atoms with Crippen molar-refractivity contribution in [1.82, 2.24) is 5.32 Å². The Morgan fingerprint density at radius 1 is 1.20 bits per heavy atom. The van der Waals surface area contributed by atoms with Crippen LogP contribution in [0.2, 0.25) is 0 Å². The summed E-state index contributed by atoms with van der Waals surface area (Å²) in [4.78, 5) is 2.30. The fourth-order valence-corrected chi connectivity index (χ4v) is 3.25. The van der Waals surface area contributed by atoms with Gasteiger partial charge in [-0.05, 0) is 38.9 Å². The van der Waals surface area contributed by atoms with Crippen LogP contribution in [-0.4, -0.2) is 20.1 Å². The number of nitrogens with zero attached hydrogens (tertiary/aromatic N) is 1. The van der Waals surface area contributed by atoms with E-state index >= 15 is 0 Å². The summed E-state index contributed by atoms with van der Waals surface area (Å²) in [5, 5.41) is 3.17. The molecule has 0 heterocycles. The first-order valence-corrected chi connectivity index (χ1v) is 7.83. The van der Waals surface area contributed by atoms with E-state index in [1.807, 2.05) is 20.0 Å². The van der Waals surface area contributed by atoms with Gasteiger partial charge in [0.15, 0.2) is 0 Å². The molecule has 1 aliphatic carbocycles. The zero-order valence-corrected chi connectivity index (χ0v) is 13.0. The number of hydrogen-bond acceptors (Lipinski definition) is 2. The predicted octanol–water partition coefficient (Wildman–Crippen LogP) is 4.27. The van der Waals surface area contributed by atoms with E-state index < -0.39 is 0 Å². The summed E-state index contributed by atoms with van der Waals surface area (Å²) >= 11 is 0. The molecular formula is C17H27FN2. The minimum Gasteiger partial charge on any atom is -0.371 e. The van der Waals surface area contributed by atoms with Crippen LogP contribution >= 0.6 is 0 Å². The second-order valence-corrected chi connectivity index (χ2v) is 5.94. The molecular weight excluding hydrogens is 251 g/mol. The first-order valence-electron chi connectivity index (χ1n) is 7.83. The quantitative estimate of drug-likeness (QED) is 0.828. The third-order valence-electron chi connectivity index (χ3n) is 4.65. The Morgan fingerprint density at radius 2 is 1.85 bits per heavy atom. The van der Waals surface area contributed by atoms with Crippen LogP contribution in [0.1, 0.15) is 57.1 Å². The van der Waals surface area contributed by atoms with Gasteiger partial charge in [-0.15, -0.1) is 0 Å². The van der Waals surface area contributed by atoms with Crippen LogP contribution < -0.4 is 10.2 Å². The lowest BCUT2D eigenvalue weighted by Gasteiger charge is -2.32. The van der Waals surface area contributed by atoms with E-state index in [4.69, 9.17) is 0 Å². The number of nitrogens with one attached hydrogen (secondary N) is 1. The van der Waals surface area contributed by atoms with Crippen molar-refractivity contribution in [2.45, 2.75) is 57.5 Å². The SMILES string of the molecule is CNC(C)c1c(F)cccc1N(C)C1CCCCCC1.